The lowest BCUT2D eigenvalue weighted by atomic mass is 9.85. The van der Waals surface area contributed by atoms with Crippen LogP contribution in [0, 0.1) is 0 Å². The summed E-state index contributed by atoms with van der Waals surface area (Å²) in [7, 11) is 1.69. The number of unbranched alkanes of at least 4 members (excludes halogenated alkanes) is 1. The second kappa shape index (κ2) is 12.4. The second-order valence-corrected chi connectivity index (χ2v) is 5.50. The Hall–Kier alpha value is -0.200. The Bertz CT molecular complexity index is 240. The Morgan fingerprint density at radius 2 is 1.76 bits per heavy atom. The van der Waals surface area contributed by atoms with Crippen molar-refractivity contribution in [2.75, 3.05) is 46.7 Å². The summed E-state index contributed by atoms with van der Waals surface area (Å²) < 4.78 is 22.3. The average Bonchev–Trinajstić information content (AvgIpc) is 2.48. The smallest absolute Gasteiger partial charge is 0.0991 e. The predicted molar refractivity (Wildman–Crippen MR) is 83.8 cm³/mol. The van der Waals surface area contributed by atoms with Crippen molar-refractivity contribution >= 4 is 0 Å². The van der Waals surface area contributed by atoms with Gasteiger partial charge in [0.1, 0.15) is 0 Å². The van der Waals surface area contributed by atoms with Crippen LogP contribution in [-0.2, 0) is 18.9 Å². The fourth-order valence-corrected chi connectivity index (χ4v) is 2.37. The molecule has 0 amide bonds. The van der Waals surface area contributed by atoms with Crippen molar-refractivity contribution in [3.05, 3.63) is 0 Å². The van der Waals surface area contributed by atoms with E-state index in [1.165, 1.54) is 6.42 Å². The van der Waals surface area contributed by atoms with E-state index in [-0.39, 0.29) is 12.2 Å². The molecule has 3 atom stereocenters. The van der Waals surface area contributed by atoms with Crippen molar-refractivity contribution in [2.24, 2.45) is 0 Å². The molecule has 0 saturated heterocycles. The predicted octanol–water partition coefficient (Wildman–Crippen LogP) is 1.99. The molecule has 5 heteroatoms. The van der Waals surface area contributed by atoms with Gasteiger partial charge in [0.05, 0.1) is 38.6 Å². The molecule has 1 rings (SSSR count). The van der Waals surface area contributed by atoms with Gasteiger partial charge < -0.3 is 24.3 Å². The summed E-state index contributed by atoms with van der Waals surface area (Å²) in [5.74, 6) is 0. The minimum absolute atomic E-state index is 0.141. The van der Waals surface area contributed by atoms with E-state index in [4.69, 9.17) is 18.9 Å². The molecular formula is C16H33NO4. The van der Waals surface area contributed by atoms with Crippen LogP contribution in [0.3, 0.4) is 0 Å². The first kappa shape index (κ1) is 18.8. The molecule has 5 nitrogen and oxygen atoms in total. The number of hydrogen-bond donors (Lipinski definition) is 1. The first-order valence-corrected chi connectivity index (χ1v) is 8.36. The third-order valence-electron chi connectivity index (χ3n) is 3.71. The molecule has 0 aromatic carbocycles. The van der Waals surface area contributed by atoms with Crippen molar-refractivity contribution in [1.82, 2.24) is 5.32 Å². The summed E-state index contributed by atoms with van der Waals surface area (Å²) in [6.07, 6.45) is 4.78. The first-order chi connectivity index (χ1) is 10.3. The van der Waals surface area contributed by atoms with Crippen LogP contribution in [0.4, 0.5) is 0 Å². The maximum atomic E-state index is 5.88. The minimum atomic E-state index is 0.141. The third kappa shape index (κ3) is 7.56. The lowest BCUT2D eigenvalue weighted by Gasteiger charge is -2.44. The van der Waals surface area contributed by atoms with Crippen molar-refractivity contribution in [3.8, 4) is 0 Å². The van der Waals surface area contributed by atoms with Gasteiger partial charge in [0.25, 0.3) is 0 Å². The Labute approximate surface area is 129 Å². The van der Waals surface area contributed by atoms with E-state index in [0.29, 0.717) is 32.5 Å². The fraction of sp³-hybridized carbons (Fsp3) is 1.00. The van der Waals surface area contributed by atoms with Gasteiger partial charge in [-0.25, -0.2) is 0 Å². The SMILES string of the molecule is CCCCOCCOC1CC(NCCC)C1OCCOC. The zero-order chi connectivity index (χ0) is 15.3. The monoisotopic (exact) mass is 303 g/mol. The summed E-state index contributed by atoms with van der Waals surface area (Å²) in [6, 6.07) is 0.410. The van der Waals surface area contributed by atoms with Crippen molar-refractivity contribution in [1.29, 1.82) is 0 Å². The number of ether oxygens (including phenoxy) is 4. The lowest BCUT2D eigenvalue weighted by Crippen LogP contribution is -2.60. The van der Waals surface area contributed by atoms with E-state index in [2.05, 4.69) is 19.2 Å². The fourth-order valence-electron chi connectivity index (χ4n) is 2.37. The average molecular weight is 303 g/mol. The molecular weight excluding hydrogens is 270 g/mol. The molecule has 21 heavy (non-hydrogen) atoms. The van der Waals surface area contributed by atoms with Gasteiger partial charge in [-0.05, 0) is 25.8 Å². The van der Waals surface area contributed by atoms with E-state index < -0.39 is 0 Å². The van der Waals surface area contributed by atoms with Crippen LogP contribution < -0.4 is 5.32 Å². The van der Waals surface area contributed by atoms with Gasteiger partial charge in [0.2, 0.25) is 0 Å². The molecule has 0 radical (unpaired) electrons. The Balaban J connectivity index is 2.15. The van der Waals surface area contributed by atoms with Crippen LogP contribution >= 0.6 is 0 Å². The molecule has 0 heterocycles. The minimum Gasteiger partial charge on any atom is -0.382 e. The quantitative estimate of drug-likeness (QED) is 0.497. The van der Waals surface area contributed by atoms with Gasteiger partial charge in [-0.2, -0.15) is 0 Å². The normalized spacial score (nSPS) is 25.0. The molecule has 0 aromatic heterocycles. The van der Waals surface area contributed by atoms with Crippen LogP contribution in [0.15, 0.2) is 0 Å². The number of nitrogens with one attached hydrogen (secondary N) is 1. The third-order valence-corrected chi connectivity index (χ3v) is 3.71. The zero-order valence-corrected chi connectivity index (χ0v) is 13.9. The van der Waals surface area contributed by atoms with Crippen LogP contribution in [0.2, 0.25) is 0 Å². The van der Waals surface area contributed by atoms with Crippen molar-refractivity contribution < 1.29 is 18.9 Å². The molecule has 3 unspecified atom stereocenters. The van der Waals surface area contributed by atoms with E-state index in [9.17, 15) is 0 Å². The number of methoxy groups -OCH3 is 1. The molecule has 0 aromatic rings. The van der Waals surface area contributed by atoms with E-state index in [1.54, 1.807) is 7.11 Å². The highest BCUT2D eigenvalue weighted by molar-refractivity contribution is 4.97. The molecule has 0 aliphatic heterocycles. The molecule has 1 aliphatic rings. The zero-order valence-electron chi connectivity index (χ0n) is 13.9. The molecule has 126 valence electrons. The Morgan fingerprint density at radius 1 is 0.952 bits per heavy atom. The molecule has 1 fully saturated rings. The first-order valence-electron chi connectivity index (χ1n) is 8.36. The largest absolute Gasteiger partial charge is 0.382 e. The standard InChI is InChI=1S/C16H33NO4/c1-4-6-8-19-10-12-20-15-13-14(17-7-5-2)16(15)21-11-9-18-3/h14-17H,4-13H2,1-3H3. The van der Waals surface area contributed by atoms with E-state index in [1.807, 2.05) is 0 Å². The highest BCUT2D eigenvalue weighted by atomic mass is 16.6. The van der Waals surface area contributed by atoms with Crippen LogP contribution in [0.25, 0.3) is 0 Å². The van der Waals surface area contributed by atoms with Crippen molar-refractivity contribution in [2.45, 2.75) is 57.8 Å². The Morgan fingerprint density at radius 3 is 2.48 bits per heavy atom. The lowest BCUT2D eigenvalue weighted by molar-refractivity contribution is -0.157. The van der Waals surface area contributed by atoms with Gasteiger partial charge in [0, 0.05) is 19.8 Å². The molecule has 0 spiro atoms. The van der Waals surface area contributed by atoms with E-state index >= 15 is 0 Å². The summed E-state index contributed by atoms with van der Waals surface area (Å²) in [6.45, 7) is 8.78. The molecule has 0 bridgehead atoms. The summed E-state index contributed by atoms with van der Waals surface area (Å²) in [4.78, 5) is 0. The topological polar surface area (TPSA) is 49.0 Å². The summed E-state index contributed by atoms with van der Waals surface area (Å²) in [5.41, 5.74) is 0. The molecule has 1 N–H and O–H groups in total. The van der Waals surface area contributed by atoms with Gasteiger partial charge in [-0.15, -0.1) is 0 Å². The number of rotatable bonds is 14. The van der Waals surface area contributed by atoms with Crippen LogP contribution in [0.5, 0.6) is 0 Å². The maximum Gasteiger partial charge on any atom is 0.0991 e. The summed E-state index contributed by atoms with van der Waals surface area (Å²) >= 11 is 0. The van der Waals surface area contributed by atoms with Crippen molar-refractivity contribution in [3.63, 3.8) is 0 Å². The van der Waals surface area contributed by atoms with Gasteiger partial charge in [0.15, 0.2) is 0 Å². The van der Waals surface area contributed by atoms with Crippen LogP contribution in [-0.4, -0.2) is 64.9 Å². The van der Waals surface area contributed by atoms with E-state index in [0.717, 1.165) is 32.4 Å². The number of hydrogen-bond acceptors (Lipinski definition) is 5. The Kier molecular flexibility index (Phi) is 11.1. The highest BCUT2D eigenvalue weighted by Crippen LogP contribution is 2.27. The van der Waals surface area contributed by atoms with Gasteiger partial charge in [-0.1, -0.05) is 20.3 Å². The second-order valence-electron chi connectivity index (χ2n) is 5.50. The van der Waals surface area contributed by atoms with Crippen LogP contribution in [0.1, 0.15) is 39.5 Å². The maximum absolute atomic E-state index is 5.88. The molecule has 1 saturated carbocycles. The molecule has 1 aliphatic carbocycles. The van der Waals surface area contributed by atoms with Gasteiger partial charge >= 0.3 is 0 Å². The highest BCUT2D eigenvalue weighted by Gasteiger charge is 2.42. The van der Waals surface area contributed by atoms with Gasteiger partial charge in [-0.3, -0.25) is 0 Å². The summed E-state index contributed by atoms with van der Waals surface area (Å²) in [5, 5.41) is 3.52.